The van der Waals surface area contributed by atoms with Gasteiger partial charge < -0.3 is 14.5 Å². The van der Waals surface area contributed by atoms with Crippen LogP contribution in [-0.4, -0.2) is 51.8 Å². The molecule has 2 fully saturated rings. The lowest BCUT2D eigenvalue weighted by atomic mass is 10.1. The highest BCUT2D eigenvalue weighted by Gasteiger charge is 2.17. The zero-order valence-electron chi connectivity index (χ0n) is 17.9. The Kier molecular flexibility index (Phi) is 12.9. The number of piperidine rings is 2. The molecule has 0 bridgehead atoms. The molecule has 0 aromatic rings. The Morgan fingerprint density at radius 2 is 1.07 bits per heavy atom. The highest BCUT2D eigenvalue weighted by molar-refractivity contribution is 5.70. The molecule has 2 saturated heterocycles. The zero-order valence-corrected chi connectivity index (χ0v) is 17.9. The maximum absolute atomic E-state index is 11.8. The van der Waals surface area contributed by atoms with Crippen molar-refractivity contribution in [2.75, 3.05) is 45.9 Å². The highest BCUT2D eigenvalue weighted by Crippen LogP contribution is 2.09. The van der Waals surface area contributed by atoms with E-state index in [2.05, 4.69) is 0 Å². The van der Waals surface area contributed by atoms with Gasteiger partial charge >= 0.3 is 5.97 Å². The molecule has 0 saturated carbocycles. The van der Waals surface area contributed by atoms with Gasteiger partial charge in [0.2, 0.25) is 0 Å². The molecule has 2 aliphatic heterocycles. The molecular weight excluding hydrogens is 336 g/mol. The van der Waals surface area contributed by atoms with Crippen molar-refractivity contribution < 1.29 is 19.3 Å². The Morgan fingerprint density at radius 1 is 0.593 bits per heavy atom. The lowest BCUT2D eigenvalue weighted by Gasteiger charge is -2.23. The van der Waals surface area contributed by atoms with Gasteiger partial charge in [0.15, 0.2) is 6.54 Å². The summed E-state index contributed by atoms with van der Waals surface area (Å²) in [6.45, 7) is 7.77. The molecule has 0 spiro atoms. The smallest absolute Gasteiger partial charge is 0.361 e. The van der Waals surface area contributed by atoms with Gasteiger partial charge in [-0.3, -0.25) is 0 Å². The van der Waals surface area contributed by atoms with Crippen molar-refractivity contribution in [2.45, 2.75) is 96.3 Å². The number of rotatable bonds is 14. The summed E-state index contributed by atoms with van der Waals surface area (Å²) < 4.78 is 5.40. The molecule has 2 aliphatic rings. The van der Waals surface area contributed by atoms with Crippen molar-refractivity contribution in [1.29, 1.82) is 0 Å². The first-order valence-corrected chi connectivity index (χ1v) is 12.2. The van der Waals surface area contributed by atoms with Crippen LogP contribution in [0.3, 0.4) is 0 Å². The van der Waals surface area contributed by atoms with E-state index in [0.717, 1.165) is 19.5 Å². The Hall–Kier alpha value is -0.610. The van der Waals surface area contributed by atoms with Gasteiger partial charge in [-0.15, -0.1) is 0 Å². The molecule has 0 aromatic carbocycles. The van der Waals surface area contributed by atoms with Gasteiger partial charge in [-0.1, -0.05) is 38.5 Å². The van der Waals surface area contributed by atoms with Crippen molar-refractivity contribution in [1.82, 2.24) is 0 Å². The number of esters is 1. The van der Waals surface area contributed by atoms with Crippen LogP contribution in [0.15, 0.2) is 0 Å². The summed E-state index contributed by atoms with van der Waals surface area (Å²) in [6, 6.07) is 0. The summed E-state index contributed by atoms with van der Waals surface area (Å²) in [5.41, 5.74) is 0. The third-order valence-electron chi connectivity index (χ3n) is 6.45. The van der Waals surface area contributed by atoms with Crippen molar-refractivity contribution in [3.05, 3.63) is 0 Å². The fourth-order valence-electron chi connectivity index (χ4n) is 4.69. The van der Waals surface area contributed by atoms with Gasteiger partial charge in [-0.05, 0) is 57.8 Å². The standard InChI is InChI=1S/C23H44N2O2/c26-23(22-25-19-13-9-14-20-25)27-21-15-7-5-3-1-2-4-6-10-16-24-17-11-8-12-18-24/h1-22H2/p+2. The van der Waals surface area contributed by atoms with E-state index in [1.165, 1.54) is 114 Å². The first-order valence-electron chi connectivity index (χ1n) is 12.2. The lowest BCUT2D eigenvalue weighted by Crippen LogP contribution is -3.13. The van der Waals surface area contributed by atoms with Gasteiger partial charge in [0.05, 0.1) is 39.3 Å². The highest BCUT2D eigenvalue weighted by atomic mass is 16.5. The Labute approximate surface area is 168 Å². The van der Waals surface area contributed by atoms with E-state index in [4.69, 9.17) is 4.74 Å². The number of likely N-dealkylation sites (tertiary alicyclic amines) is 2. The van der Waals surface area contributed by atoms with E-state index in [-0.39, 0.29) is 5.97 Å². The van der Waals surface area contributed by atoms with Crippen LogP contribution in [0.1, 0.15) is 96.3 Å². The fourth-order valence-corrected chi connectivity index (χ4v) is 4.69. The summed E-state index contributed by atoms with van der Waals surface area (Å²) in [6.07, 6.45) is 20.2. The number of nitrogens with one attached hydrogen (secondary N) is 2. The van der Waals surface area contributed by atoms with Crippen molar-refractivity contribution in [3.63, 3.8) is 0 Å². The molecule has 4 nitrogen and oxygen atoms in total. The van der Waals surface area contributed by atoms with Crippen LogP contribution >= 0.6 is 0 Å². The summed E-state index contributed by atoms with van der Waals surface area (Å²) in [4.78, 5) is 15.1. The molecule has 2 heterocycles. The average Bonchev–Trinajstić information content (AvgIpc) is 2.70. The SMILES string of the molecule is O=C(C[NH+]1CCCCC1)OCCCCCCCCCCC[NH+]1CCCCC1. The number of carbonyl (C=O) groups is 1. The maximum Gasteiger partial charge on any atom is 0.361 e. The van der Waals surface area contributed by atoms with Gasteiger partial charge in [-0.25, -0.2) is 4.79 Å². The number of ether oxygens (including phenoxy) is 1. The second kappa shape index (κ2) is 15.3. The number of unbranched alkanes of at least 4 members (excludes halogenated alkanes) is 8. The number of carbonyl (C=O) groups excluding carboxylic acids is 1. The molecule has 0 unspecified atom stereocenters. The van der Waals surface area contributed by atoms with E-state index in [9.17, 15) is 4.79 Å². The lowest BCUT2D eigenvalue weighted by molar-refractivity contribution is -0.905. The number of hydrogen-bond acceptors (Lipinski definition) is 2. The van der Waals surface area contributed by atoms with Crippen molar-refractivity contribution in [2.24, 2.45) is 0 Å². The molecular formula is C23H46N2O2+2. The van der Waals surface area contributed by atoms with E-state index < -0.39 is 0 Å². The second-order valence-corrected chi connectivity index (χ2v) is 8.95. The molecule has 0 radical (unpaired) electrons. The van der Waals surface area contributed by atoms with E-state index >= 15 is 0 Å². The minimum Gasteiger partial charge on any atom is -0.462 e. The summed E-state index contributed by atoms with van der Waals surface area (Å²) >= 11 is 0. The fraction of sp³-hybridized carbons (Fsp3) is 0.957. The maximum atomic E-state index is 11.8. The molecule has 0 aliphatic carbocycles. The van der Waals surface area contributed by atoms with Crippen LogP contribution in [0, 0.1) is 0 Å². The van der Waals surface area contributed by atoms with Gasteiger partial charge in [0.1, 0.15) is 0 Å². The van der Waals surface area contributed by atoms with Gasteiger partial charge in [0.25, 0.3) is 0 Å². The molecule has 27 heavy (non-hydrogen) atoms. The largest absolute Gasteiger partial charge is 0.462 e. The summed E-state index contributed by atoms with van der Waals surface area (Å²) in [7, 11) is 0. The van der Waals surface area contributed by atoms with E-state index in [1.807, 2.05) is 4.90 Å². The van der Waals surface area contributed by atoms with Crippen molar-refractivity contribution in [3.8, 4) is 0 Å². The van der Waals surface area contributed by atoms with Crippen molar-refractivity contribution >= 4 is 5.97 Å². The predicted molar refractivity (Wildman–Crippen MR) is 111 cm³/mol. The third-order valence-corrected chi connectivity index (χ3v) is 6.45. The molecule has 2 rings (SSSR count). The summed E-state index contributed by atoms with van der Waals surface area (Å²) in [5.74, 6) is 0.0123. The Balaban J connectivity index is 1.27. The third kappa shape index (κ3) is 11.7. The number of hydrogen-bond donors (Lipinski definition) is 2. The Bertz CT molecular complexity index is 363. The van der Waals surface area contributed by atoms with Crippen LogP contribution in [0.4, 0.5) is 0 Å². The minimum absolute atomic E-state index is 0.0123. The zero-order chi connectivity index (χ0) is 19.0. The van der Waals surface area contributed by atoms with Crippen LogP contribution in [-0.2, 0) is 9.53 Å². The topological polar surface area (TPSA) is 35.2 Å². The van der Waals surface area contributed by atoms with Crippen LogP contribution in [0.5, 0.6) is 0 Å². The molecule has 0 aromatic heterocycles. The summed E-state index contributed by atoms with van der Waals surface area (Å²) in [5, 5.41) is 0. The minimum atomic E-state index is 0.0123. The molecule has 2 N–H and O–H groups in total. The second-order valence-electron chi connectivity index (χ2n) is 8.95. The van der Waals surface area contributed by atoms with Crippen LogP contribution in [0.25, 0.3) is 0 Å². The average molecular weight is 383 g/mol. The monoisotopic (exact) mass is 382 g/mol. The first-order chi connectivity index (χ1) is 13.3. The van der Waals surface area contributed by atoms with Crippen LogP contribution in [0.2, 0.25) is 0 Å². The van der Waals surface area contributed by atoms with Crippen LogP contribution < -0.4 is 9.80 Å². The quantitative estimate of drug-likeness (QED) is 0.357. The normalized spacial score (nSPS) is 19.3. The number of quaternary nitrogens is 2. The predicted octanol–water partition coefficient (Wildman–Crippen LogP) is 2.18. The Morgan fingerprint density at radius 3 is 1.67 bits per heavy atom. The molecule has 4 heteroatoms. The van der Waals surface area contributed by atoms with Gasteiger partial charge in [-0.2, -0.15) is 0 Å². The first kappa shape index (κ1) is 22.7. The van der Waals surface area contributed by atoms with Gasteiger partial charge in [0, 0.05) is 0 Å². The van der Waals surface area contributed by atoms with E-state index in [0.29, 0.717) is 13.2 Å². The molecule has 0 amide bonds. The van der Waals surface area contributed by atoms with E-state index in [1.54, 1.807) is 0 Å². The molecule has 158 valence electrons. The molecule has 0 atom stereocenters.